The molecule has 5 heteroatoms. The largest absolute Gasteiger partial charge is 0.391 e. The third kappa shape index (κ3) is 3.45. The summed E-state index contributed by atoms with van der Waals surface area (Å²) in [5.41, 5.74) is 3.96. The van der Waals surface area contributed by atoms with Gasteiger partial charge in [0.2, 0.25) is 0 Å². The molecule has 2 unspecified atom stereocenters. The summed E-state index contributed by atoms with van der Waals surface area (Å²) in [6.45, 7) is 3.87. The molecule has 1 aliphatic rings. The number of nitrogens with zero attached hydrogens (tertiary/aromatic N) is 2. The number of aliphatic hydroxyl groups excluding tert-OH is 1. The van der Waals surface area contributed by atoms with Crippen LogP contribution >= 0.6 is 0 Å². The molecule has 0 saturated heterocycles. The predicted octanol–water partition coefficient (Wildman–Crippen LogP) is 3.00. The Morgan fingerprint density at radius 1 is 1.24 bits per heavy atom. The zero-order chi connectivity index (χ0) is 18.0. The average molecular weight is 337 g/mol. The van der Waals surface area contributed by atoms with Crippen molar-refractivity contribution in [2.45, 2.75) is 51.7 Å². The summed E-state index contributed by atoms with van der Waals surface area (Å²) in [5, 5.41) is 22.0. The standard InChI is InChI=1S/C20H23N3O2/c1-13-11-17(20(25)22-18-5-3-4-6-19(18)24)14(2)23(13)16-9-7-15(12-21)8-10-16/h7-11,18-19,24H,3-6H2,1-2H3,(H,22,25). The number of aliphatic hydroxyl groups is 1. The first-order valence-electron chi connectivity index (χ1n) is 8.69. The molecule has 1 aromatic heterocycles. The number of aromatic nitrogens is 1. The molecule has 130 valence electrons. The molecule has 1 aromatic carbocycles. The van der Waals surface area contributed by atoms with Gasteiger partial charge in [-0.1, -0.05) is 12.8 Å². The van der Waals surface area contributed by atoms with Crippen LogP contribution in [0.3, 0.4) is 0 Å². The SMILES string of the molecule is Cc1cc(C(=O)NC2CCCCC2O)c(C)n1-c1ccc(C#N)cc1. The Balaban J connectivity index is 1.85. The van der Waals surface area contributed by atoms with Crippen molar-refractivity contribution in [2.75, 3.05) is 0 Å². The molecule has 3 rings (SSSR count). The number of nitrogens with one attached hydrogen (secondary N) is 1. The van der Waals surface area contributed by atoms with E-state index in [0.717, 1.165) is 42.8 Å². The summed E-state index contributed by atoms with van der Waals surface area (Å²) in [4.78, 5) is 12.7. The summed E-state index contributed by atoms with van der Waals surface area (Å²) in [7, 11) is 0. The quantitative estimate of drug-likeness (QED) is 0.904. The minimum atomic E-state index is -0.459. The van der Waals surface area contributed by atoms with E-state index in [1.54, 1.807) is 12.1 Å². The van der Waals surface area contributed by atoms with Crippen molar-refractivity contribution >= 4 is 5.91 Å². The zero-order valence-electron chi connectivity index (χ0n) is 14.6. The number of benzene rings is 1. The third-order valence-corrected chi connectivity index (χ3v) is 4.98. The van der Waals surface area contributed by atoms with Gasteiger partial charge in [-0.05, 0) is 57.0 Å². The van der Waals surface area contributed by atoms with Crippen molar-refractivity contribution in [3.63, 3.8) is 0 Å². The van der Waals surface area contributed by atoms with Crippen LogP contribution in [0.5, 0.6) is 0 Å². The first-order valence-corrected chi connectivity index (χ1v) is 8.69. The molecule has 0 radical (unpaired) electrons. The smallest absolute Gasteiger partial charge is 0.253 e. The van der Waals surface area contributed by atoms with E-state index in [2.05, 4.69) is 11.4 Å². The number of aryl methyl sites for hydroxylation is 1. The predicted molar refractivity (Wildman–Crippen MR) is 95.7 cm³/mol. The Labute approximate surface area is 147 Å². The van der Waals surface area contributed by atoms with Gasteiger partial charge in [-0.15, -0.1) is 0 Å². The van der Waals surface area contributed by atoms with E-state index < -0.39 is 6.10 Å². The fourth-order valence-corrected chi connectivity index (χ4v) is 3.60. The van der Waals surface area contributed by atoms with Crippen LogP contribution in [0, 0.1) is 25.2 Å². The highest BCUT2D eigenvalue weighted by atomic mass is 16.3. The second kappa shape index (κ2) is 7.12. The number of nitriles is 1. The van der Waals surface area contributed by atoms with Gasteiger partial charge in [0.05, 0.1) is 29.3 Å². The van der Waals surface area contributed by atoms with Crippen molar-refractivity contribution in [3.05, 3.63) is 52.8 Å². The van der Waals surface area contributed by atoms with Crippen LogP contribution in [0.2, 0.25) is 0 Å². The third-order valence-electron chi connectivity index (χ3n) is 4.98. The van der Waals surface area contributed by atoms with Gasteiger partial charge in [0.25, 0.3) is 5.91 Å². The normalized spacial score (nSPS) is 20.1. The van der Waals surface area contributed by atoms with Gasteiger partial charge >= 0.3 is 0 Å². The molecule has 1 heterocycles. The zero-order valence-corrected chi connectivity index (χ0v) is 14.6. The summed E-state index contributed by atoms with van der Waals surface area (Å²) >= 11 is 0. The Kier molecular flexibility index (Phi) is 4.91. The van der Waals surface area contributed by atoms with Crippen molar-refractivity contribution in [1.29, 1.82) is 5.26 Å². The molecule has 5 nitrogen and oxygen atoms in total. The van der Waals surface area contributed by atoms with E-state index in [0.29, 0.717) is 11.1 Å². The highest BCUT2D eigenvalue weighted by molar-refractivity contribution is 5.96. The highest BCUT2D eigenvalue weighted by Crippen LogP contribution is 2.23. The van der Waals surface area contributed by atoms with Crippen LogP contribution in [0.1, 0.15) is 53.0 Å². The van der Waals surface area contributed by atoms with Crippen LogP contribution < -0.4 is 5.32 Å². The molecule has 2 aromatic rings. The van der Waals surface area contributed by atoms with Crippen molar-refractivity contribution in [3.8, 4) is 11.8 Å². The van der Waals surface area contributed by atoms with Gasteiger partial charge in [0.1, 0.15) is 0 Å². The number of amides is 1. The molecule has 0 bridgehead atoms. The van der Waals surface area contributed by atoms with Crippen LogP contribution in [0.25, 0.3) is 5.69 Å². The lowest BCUT2D eigenvalue weighted by atomic mass is 9.92. The maximum atomic E-state index is 12.7. The first kappa shape index (κ1) is 17.2. The minimum Gasteiger partial charge on any atom is -0.391 e. The number of hydrogen-bond donors (Lipinski definition) is 2. The second-order valence-corrected chi connectivity index (χ2v) is 6.71. The molecule has 25 heavy (non-hydrogen) atoms. The van der Waals surface area contributed by atoms with Gasteiger partial charge in [0, 0.05) is 17.1 Å². The molecular formula is C20H23N3O2. The van der Waals surface area contributed by atoms with E-state index in [9.17, 15) is 9.90 Å². The fourth-order valence-electron chi connectivity index (χ4n) is 3.60. The molecule has 0 aliphatic heterocycles. The first-order chi connectivity index (χ1) is 12.0. The van der Waals surface area contributed by atoms with Crippen molar-refractivity contribution in [1.82, 2.24) is 9.88 Å². The summed E-state index contributed by atoms with van der Waals surface area (Å²) in [6.07, 6.45) is 3.16. The number of hydrogen-bond acceptors (Lipinski definition) is 3. The monoisotopic (exact) mass is 337 g/mol. The molecule has 1 fully saturated rings. The molecule has 2 N–H and O–H groups in total. The van der Waals surface area contributed by atoms with E-state index in [-0.39, 0.29) is 11.9 Å². The number of carbonyl (C=O) groups excluding carboxylic acids is 1. The minimum absolute atomic E-state index is 0.140. The van der Waals surface area contributed by atoms with E-state index >= 15 is 0 Å². The highest BCUT2D eigenvalue weighted by Gasteiger charge is 2.26. The van der Waals surface area contributed by atoms with Gasteiger partial charge in [-0.3, -0.25) is 4.79 Å². The molecule has 0 spiro atoms. The molecule has 1 saturated carbocycles. The van der Waals surface area contributed by atoms with E-state index in [1.165, 1.54) is 0 Å². The van der Waals surface area contributed by atoms with E-state index in [1.807, 2.05) is 36.6 Å². The lowest BCUT2D eigenvalue weighted by Gasteiger charge is -2.28. The van der Waals surface area contributed by atoms with Gasteiger partial charge in [0.15, 0.2) is 0 Å². The maximum absolute atomic E-state index is 12.7. The Morgan fingerprint density at radius 2 is 1.92 bits per heavy atom. The van der Waals surface area contributed by atoms with Gasteiger partial charge in [-0.2, -0.15) is 5.26 Å². The van der Waals surface area contributed by atoms with Crippen molar-refractivity contribution in [2.24, 2.45) is 0 Å². The Bertz CT molecular complexity index is 815. The molecule has 2 atom stereocenters. The van der Waals surface area contributed by atoms with Gasteiger partial charge < -0.3 is 15.0 Å². The van der Waals surface area contributed by atoms with E-state index in [4.69, 9.17) is 5.26 Å². The van der Waals surface area contributed by atoms with Crippen LogP contribution in [0.15, 0.2) is 30.3 Å². The maximum Gasteiger partial charge on any atom is 0.253 e. The van der Waals surface area contributed by atoms with Gasteiger partial charge in [-0.25, -0.2) is 0 Å². The average Bonchev–Trinajstić information content (AvgIpc) is 2.91. The van der Waals surface area contributed by atoms with Crippen LogP contribution in [-0.4, -0.2) is 27.7 Å². The molecule has 1 aliphatic carbocycles. The Morgan fingerprint density at radius 3 is 2.56 bits per heavy atom. The number of carbonyl (C=O) groups is 1. The second-order valence-electron chi connectivity index (χ2n) is 6.71. The summed E-state index contributed by atoms with van der Waals surface area (Å²) < 4.78 is 2.01. The topological polar surface area (TPSA) is 78.0 Å². The molecular weight excluding hydrogens is 314 g/mol. The van der Waals surface area contributed by atoms with Crippen LogP contribution in [0.4, 0.5) is 0 Å². The summed E-state index contributed by atoms with van der Waals surface area (Å²) in [5.74, 6) is -0.140. The lowest BCUT2D eigenvalue weighted by molar-refractivity contribution is 0.0717. The fraction of sp³-hybridized carbons (Fsp3) is 0.400. The van der Waals surface area contributed by atoms with Crippen LogP contribution in [-0.2, 0) is 0 Å². The van der Waals surface area contributed by atoms with Crippen molar-refractivity contribution < 1.29 is 9.90 Å². The molecule has 1 amide bonds. The number of rotatable bonds is 3. The Hall–Kier alpha value is -2.58. The lowest BCUT2D eigenvalue weighted by Crippen LogP contribution is -2.45. The summed E-state index contributed by atoms with van der Waals surface area (Å²) in [6, 6.07) is 11.1.